The van der Waals surface area contributed by atoms with Crippen LogP contribution in [-0.2, 0) is 5.75 Å². The highest BCUT2D eigenvalue weighted by molar-refractivity contribution is 7.98. The van der Waals surface area contributed by atoms with Gasteiger partial charge in [0.25, 0.3) is 5.56 Å². The molecule has 2 N–H and O–H groups in total. The second kappa shape index (κ2) is 5.86. The number of nitrogens with zero attached hydrogens (tertiary/aromatic N) is 2. The lowest BCUT2D eigenvalue weighted by molar-refractivity contribution is 0.721. The third-order valence-electron chi connectivity index (χ3n) is 2.60. The summed E-state index contributed by atoms with van der Waals surface area (Å²) in [5.41, 5.74) is 7.51. The molecular weight excluding hydrogens is 266 g/mol. The summed E-state index contributed by atoms with van der Waals surface area (Å²) in [5.74, 6) is 1.78. The van der Waals surface area contributed by atoms with Gasteiger partial charge in [0.2, 0.25) is 0 Å². The van der Waals surface area contributed by atoms with Gasteiger partial charge in [-0.2, -0.15) is 11.8 Å². The highest BCUT2D eigenvalue weighted by atomic mass is 32.2. The van der Waals surface area contributed by atoms with Gasteiger partial charge < -0.3 is 5.73 Å². The van der Waals surface area contributed by atoms with Gasteiger partial charge in [0, 0.05) is 28.9 Å². The number of nitrogens with two attached hydrogens (primary N) is 1. The van der Waals surface area contributed by atoms with Gasteiger partial charge in [-0.3, -0.25) is 9.20 Å². The maximum atomic E-state index is 11.9. The number of thiazole rings is 1. The third kappa shape index (κ3) is 3.13. The Hall–Kier alpha value is -0.850. The minimum absolute atomic E-state index is 0.0153. The van der Waals surface area contributed by atoms with E-state index in [1.165, 1.54) is 11.3 Å². The fourth-order valence-corrected chi connectivity index (χ4v) is 3.55. The van der Waals surface area contributed by atoms with Gasteiger partial charge in [-0.1, -0.05) is 0 Å². The number of rotatable bonds is 5. The van der Waals surface area contributed by atoms with E-state index in [1.54, 1.807) is 22.2 Å². The van der Waals surface area contributed by atoms with Crippen molar-refractivity contribution in [3.63, 3.8) is 0 Å². The summed E-state index contributed by atoms with van der Waals surface area (Å²) in [6.07, 6.45) is 0.990. The van der Waals surface area contributed by atoms with E-state index in [1.807, 2.05) is 19.2 Å². The Bertz CT molecular complexity index is 589. The summed E-state index contributed by atoms with van der Waals surface area (Å²) in [4.78, 5) is 17.2. The first-order valence-corrected chi connectivity index (χ1v) is 7.91. The molecule has 0 radical (unpaired) electrons. The third-order valence-corrected chi connectivity index (χ3v) is 4.56. The number of aryl methyl sites for hydroxylation is 1. The summed E-state index contributed by atoms with van der Waals surface area (Å²) in [6.45, 7) is 3.93. The minimum atomic E-state index is 0.0153. The summed E-state index contributed by atoms with van der Waals surface area (Å²) in [7, 11) is 0. The molecule has 1 atom stereocenters. The largest absolute Gasteiger partial charge is 0.328 e. The Morgan fingerprint density at radius 2 is 2.39 bits per heavy atom. The van der Waals surface area contributed by atoms with Crippen LogP contribution in [0.2, 0.25) is 0 Å². The van der Waals surface area contributed by atoms with Crippen molar-refractivity contribution in [1.82, 2.24) is 9.38 Å². The zero-order valence-electron chi connectivity index (χ0n) is 10.5. The molecule has 0 aliphatic heterocycles. The van der Waals surface area contributed by atoms with Crippen molar-refractivity contribution in [2.75, 3.05) is 5.75 Å². The van der Waals surface area contributed by atoms with Crippen molar-refractivity contribution >= 4 is 28.1 Å². The van der Waals surface area contributed by atoms with Gasteiger partial charge in [-0.25, -0.2) is 4.98 Å². The number of thioether (sulfide) groups is 1. The quantitative estimate of drug-likeness (QED) is 0.853. The van der Waals surface area contributed by atoms with E-state index < -0.39 is 0 Å². The first-order chi connectivity index (χ1) is 8.58. The molecule has 2 aromatic heterocycles. The number of hydrogen-bond acceptors (Lipinski definition) is 5. The van der Waals surface area contributed by atoms with Crippen LogP contribution in [0.3, 0.4) is 0 Å². The molecule has 0 bridgehead atoms. The average Bonchev–Trinajstić information content (AvgIpc) is 2.67. The van der Waals surface area contributed by atoms with Crippen molar-refractivity contribution in [1.29, 1.82) is 0 Å². The number of hydrogen-bond donors (Lipinski definition) is 1. The Labute approximate surface area is 114 Å². The zero-order valence-corrected chi connectivity index (χ0v) is 12.2. The van der Waals surface area contributed by atoms with E-state index in [4.69, 9.17) is 5.73 Å². The molecule has 0 aliphatic rings. The number of aromatic nitrogens is 2. The lowest BCUT2D eigenvalue weighted by Crippen LogP contribution is -2.16. The van der Waals surface area contributed by atoms with Crippen molar-refractivity contribution in [2.24, 2.45) is 5.73 Å². The SMILES string of the molecule is Cc1csc2nc(CSCCC(C)N)cc(=O)n12. The normalized spacial score (nSPS) is 13.1. The Balaban J connectivity index is 2.08. The molecule has 0 fully saturated rings. The van der Waals surface area contributed by atoms with Gasteiger partial charge in [0.1, 0.15) is 0 Å². The fourth-order valence-electron chi connectivity index (χ4n) is 1.62. The van der Waals surface area contributed by atoms with E-state index in [0.29, 0.717) is 0 Å². The van der Waals surface area contributed by atoms with Crippen LogP contribution >= 0.6 is 23.1 Å². The zero-order chi connectivity index (χ0) is 13.1. The second-order valence-electron chi connectivity index (χ2n) is 4.40. The average molecular weight is 283 g/mol. The fraction of sp³-hybridized carbons (Fsp3) is 0.500. The van der Waals surface area contributed by atoms with E-state index in [9.17, 15) is 4.79 Å². The molecule has 0 aromatic carbocycles. The molecule has 4 nitrogen and oxygen atoms in total. The van der Waals surface area contributed by atoms with E-state index >= 15 is 0 Å². The first-order valence-electron chi connectivity index (χ1n) is 5.88. The van der Waals surface area contributed by atoms with Gasteiger partial charge >= 0.3 is 0 Å². The molecule has 1 unspecified atom stereocenters. The molecule has 0 aliphatic carbocycles. The monoisotopic (exact) mass is 283 g/mol. The molecule has 2 aromatic rings. The van der Waals surface area contributed by atoms with Gasteiger partial charge in [0.15, 0.2) is 4.96 Å². The van der Waals surface area contributed by atoms with Crippen LogP contribution < -0.4 is 11.3 Å². The highest BCUT2D eigenvalue weighted by Crippen LogP contribution is 2.15. The van der Waals surface area contributed by atoms with Crippen LogP contribution in [0, 0.1) is 6.92 Å². The standard InChI is InChI=1S/C12H17N3OS2/c1-8(13)3-4-17-7-10-5-11(16)15-9(2)6-18-12(15)14-10/h5-6,8H,3-4,7,13H2,1-2H3. The first kappa shape index (κ1) is 13.6. The number of fused-ring (bicyclic) bond motifs is 1. The molecule has 0 saturated heterocycles. The minimum Gasteiger partial charge on any atom is -0.328 e. The molecule has 0 amide bonds. The van der Waals surface area contributed by atoms with Crippen molar-refractivity contribution < 1.29 is 0 Å². The van der Waals surface area contributed by atoms with Crippen molar-refractivity contribution in [2.45, 2.75) is 32.1 Å². The lowest BCUT2D eigenvalue weighted by atomic mass is 10.3. The van der Waals surface area contributed by atoms with Gasteiger partial charge in [-0.05, 0) is 26.0 Å². The lowest BCUT2D eigenvalue weighted by Gasteiger charge is -2.04. The maximum absolute atomic E-state index is 11.9. The molecule has 6 heteroatoms. The maximum Gasteiger partial charge on any atom is 0.258 e. The van der Waals surface area contributed by atoms with Crippen LogP contribution in [0.4, 0.5) is 0 Å². The summed E-state index contributed by atoms with van der Waals surface area (Å²) in [6, 6.07) is 1.87. The van der Waals surface area contributed by atoms with E-state index in [0.717, 1.165) is 34.3 Å². The van der Waals surface area contributed by atoms with E-state index in [-0.39, 0.29) is 11.6 Å². The predicted octanol–water partition coefficient (Wildman–Crippen LogP) is 2.03. The smallest absolute Gasteiger partial charge is 0.258 e. The van der Waals surface area contributed by atoms with Gasteiger partial charge in [-0.15, -0.1) is 11.3 Å². The van der Waals surface area contributed by atoms with Crippen molar-refractivity contribution in [3.8, 4) is 0 Å². The summed E-state index contributed by atoms with van der Waals surface area (Å²) >= 11 is 3.28. The Morgan fingerprint density at radius 1 is 1.61 bits per heavy atom. The second-order valence-corrected chi connectivity index (χ2v) is 6.34. The topological polar surface area (TPSA) is 60.4 Å². The van der Waals surface area contributed by atoms with E-state index in [2.05, 4.69) is 4.98 Å². The van der Waals surface area contributed by atoms with Crippen LogP contribution in [0.1, 0.15) is 24.7 Å². The van der Waals surface area contributed by atoms with Crippen molar-refractivity contribution in [3.05, 3.63) is 33.2 Å². The molecular formula is C12H17N3OS2. The summed E-state index contributed by atoms with van der Waals surface area (Å²) in [5, 5.41) is 1.96. The molecule has 2 rings (SSSR count). The molecule has 0 saturated carbocycles. The van der Waals surface area contributed by atoms with Crippen LogP contribution in [0.5, 0.6) is 0 Å². The molecule has 2 heterocycles. The molecule has 18 heavy (non-hydrogen) atoms. The Kier molecular flexibility index (Phi) is 4.42. The Morgan fingerprint density at radius 3 is 3.11 bits per heavy atom. The van der Waals surface area contributed by atoms with Crippen LogP contribution in [0.15, 0.2) is 16.2 Å². The van der Waals surface area contributed by atoms with Crippen LogP contribution in [-0.4, -0.2) is 21.2 Å². The molecule has 98 valence electrons. The van der Waals surface area contributed by atoms with Crippen LogP contribution in [0.25, 0.3) is 4.96 Å². The van der Waals surface area contributed by atoms with Gasteiger partial charge in [0.05, 0.1) is 5.69 Å². The summed E-state index contributed by atoms with van der Waals surface area (Å²) < 4.78 is 1.65. The predicted molar refractivity (Wildman–Crippen MR) is 78.5 cm³/mol. The molecule has 0 spiro atoms. The highest BCUT2D eigenvalue weighted by Gasteiger charge is 2.06.